The second-order valence-corrected chi connectivity index (χ2v) is 4.53. The van der Waals surface area contributed by atoms with Crippen LogP contribution >= 0.6 is 0 Å². The van der Waals surface area contributed by atoms with Crippen LogP contribution in [0.5, 0.6) is 5.75 Å². The van der Waals surface area contributed by atoms with Crippen LogP contribution in [0.15, 0.2) is 12.1 Å². The van der Waals surface area contributed by atoms with Gasteiger partial charge in [0.2, 0.25) is 0 Å². The smallest absolute Gasteiger partial charge is 0.259 e. The van der Waals surface area contributed by atoms with Gasteiger partial charge in [-0.15, -0.1) is 0 Å². The Morgan fingerprint density at radius 3 is 2.84 bits per heavy atom. The molecule has 0 saturated carbocycles. The average molecular weight is 271 g/mol. The minimum atomic E-state index is -0.986. The number of ether oxygens (including phenoxy) is 1. The highest BCUT2D eigenvalue weighted by molar-refractivity contribution is 5.95. The second kappa shape index (κ2) is 5.52. The number of halogens is 2. The first-order valence-electron chi connectivity index (χ1n) is 6.00. The molecule has 1 aliphatic heterocycles. The van der Waals surface area contributed by atoms with Crippen molar-refractivity contribution in [3.63, 3.8) is 0 Å². The number of carbonyl (C=O) groups is 1. The molecule has 0 bridgehead atoms. The lowest BCUT2D eigenvalue weighted by Gasteiger charge is -2.17. The summed E-state index contributed by atoms with van der Waals surface area (Å²) in [5, 5.41) is 9.02. The molecular formula is C13H15F2NO3. The van der Waals surface area contributed by atoms with Crippen LogP contribution in [0.4, 0.5) is 8.78 Å². The van der Waals surface area contributed by atoms with Gasteiger partial charge in [0.1, 0.15) is 11.4 Å². The van der Waals surface area contributed by atoms with Crippen LogP contribution in [0, 0.1) is 17.6 Å². The third kappa shape index (κ3) is 2.53. The molecule has 1 unspecified atom stereocenters. The van der Waals surface area contributed by atoms with Crippen molar-refractivity contribution in [3.05, 3.63) is 29.3 Å². The maximum Gasteiger partial charge on any atom is 0.259 e. The van der Waals surface area contributed by atoms with E-state index < -0.39 is 23.1 Å². The van der Waals surface area contributed by atoms with Gasteiger partial charge in [0, 0.05) is 25.6 Å². The van der Waals surface area contributed by atoms with E-state index in [1.165, 1.54) is 12.0 Å². The van der Waals surface area contributed by atoms with Crippen molar-refractivity contribution in [1.82, 2.24) is 4.90 Å². The molecule has 1 N–H and O–H groups in total. The summed E-state index contributed by atoms with van der Waals surface area (Å²) in [4.78, 5) is 13.5. The second-order valence-electron chi connectivity index (χ2n) is 4.53. The summed E-state index contributed by atoms with van der Waals surface area (Å²) in [6.07, 6.45) is 0.634. The quantitative estimate of drug-likeness (QED) is 0.904. The molecule has 1 heterocycles. The summed E-state index contributed by atoms with van der Waals surface area (Å²) in [5.41, 5.74) is -0.599. The number of aliphatic hydroxyl groups excluding tert-OH is 1. The number of benzene rings is 1. The molecule has 0 spiro atoms. The molecule has 1 fully saturated rings. The lowest BCUT2D eigenvalue weighted by molar-refractivity contribution is 0.0771. The average Bonchev–Trinajstić information content (AvgIpc) is 2.87. The van der Waals surface area contributed by atoms with Gasteiger partial charge in [-0.3, -0.25) is 4.79 Å². The number of carbonyl (C=O) groups excluding carboxylic acids is 1. The zero-order valence-electron chi connectivity index (χ0n) is 10.5. The van der Waals surface area contributed by atoms with E-state index in [1.54, 1.807) is 0 Å². The normalized spacial score (nSPS) is 18.7. The number of hydrogen-bond acceptors (Lipinski definition) is 3. The van der Waals surface area contributed by atoms with E-state index in [-0.39, 0.29) is 18.3 Å². The monoisotopic (exact) mass is 271 g/mol. The van der Waals surface area contributed by atoms with Gasteiger partial charge >= 0.3 is 0 Å². The van der Waals surface area contributed by atoms with Gasteiger partial charge in [0.05, 0.1) is 7.11 Å². The fourth-order valence-electron chi connectivity index (χ4n) is 2.21. The van der Waals surface area contributed by atoms with Crippen LogP contribution in [0.25, 0.3) is 0 Å². The van der Waals surface area contributed by atoms with Crippen LogP contribution < -0.4 is 4.74 Å². The van der Waals surface area contributed by atoms with Crippen LogP contribution in [0.1, 0.15) is 16.8 Å². The minimum absolute atomic E-state index is 0.0271. The van der Waals surface area contributed by atoms with E-state index in [4.69, 9.17) is 9.84 Å². The summed E-state index contributed by atoms with van der Waals surface area (Å²) < 4.78 is 32.4. The van der Waals surface area contributed by atoms with Gasteiger partial charge in [-0.2, -0.15) is 0 Å². The molecule has 1 atom stereocenters. The molecule has 0 radical (unpaired) electrons. The highest BCUT2D eigenvalue weighted by atomic mass is 19.1. The molecule has 104 valence electrons. The van der Waals surface area contributed by atoms with Gasteiger partial charge in [0.25, 0.3) is 5.91 Å². The molecule has 0 aliphatic carbocycles. The number of likely N-dealkylation sites (tertiary alicyclic amines) is 1. The molecule has 4 nitrogen and oxygen atoms in total. The van der Waals surface area contributed by atoms with Crippen LogP contribution in [0.3, 0.4) is 0 Å². The molecule has 0 aromatic heterocycles. The van der Waals surface area contributed by atoms with E-state index in [0.717, 1.165) is 12.1 Å². The summed E-state index contributed by atoms with van der Waals surface area (Å²) in [7, 11) is 1.25. The highest BCUT2D eigenvalue weighted by Gasteiger charge is 2.30. The molecule has 1 saturated heterocycles. The number of methoxy groups -OCH3 is 1. The third-order valence-electron chi connectivity index (χ3n) is 3.32. The summed E-state index contributed by atoms with van der Waals surface area (Å²) >= 11 is 0. The van der Waals surface area contributed by atoms with E-state index in [9.17, 15) is 13.6 Å². The fourth-order valence-corrected chi connectivity index (χ4v) is 2.21. The van der Waals surface area contributed by atoms with Crippen LogP contribution in [0.2, 0.25) is 0 Å². The van der Waals surface area contributed by atoms with Gasteiger partial charge in [0.15, 0.2) is 11.6 Å². The Balaban J connectivity index is 2.29. The zero-order chi connectivity index (χ0) is 14.0. The van der Waals surface area contributed by atoms with Crippen molar-refractivity contribution in [3.8, 4) is 5.75 Å². The van der Waals surface area contributed by atoms with Crippen LogP contribution in [-0.2, 0) is 0 Å². The van der Waals surface area contributed by atoms with Crippen molar-refractivity contribution in [2.75, 3.05) is 26.8 Å². The topological polar surface area (TPSA) is 49.8 Å². The molecule has 1 aliphatic rings. The first-order chi connectivity index (χ1) is 9.08. The molecule has 2 rings (SSSR count). The Labute approximate surface area is 109 Å². The summed E-state index contributed by atoms with van der Waals surface area (Å²) in [5.74, 6) is -2.79. The Bertz CT molecular complexity index is 493. The Kier molecular flexibility index (Phi) is 3.99. The molecular weight excluding hydrogens is 256 g/mol. The van der Waals surface area contributed by atoms with Crippen molar-refractivity contribution in [2.24, 2.45) is 5.92 Å². The maximum absolute atomic E-state index is 14.0. The summed E-state index contributed by atoms with van der Waals surface area (Å²) in [6, 6.07) is 2.15. The molecule has 1 amide bonds. The Morgan fingerprint density at radius 1 is 1.53 bits per heavy atom. The Hall–Kier alpha value is -1.69. The first kappa shape index (κ1) is 13.7. The predicted molar refractivity (Wildman–Crippen MR) is 64.0 cm³/mol. The van der Waals surface area contributed by atoms with Crippen molar-refractivity contribution < 1.29 is 23.4 Å². The lowest BCUT2D eigenvalue weighted by Crippen LogP contribution is -2.30. The van der Waals surface area contributed by atoms with Gasteiger partial charge in [-0.1, -0.05) is 0 Å². The van der Waals surface area contributed by atoms with Crippen LogP contribution in [-0.4, -0.2) is 42.7 Å². The number of hydrogen-bond donors (Lipinski definition) is 1. The lowest BCUT2D eigenvalue weighted by atomic mass is 10.1. The third-order valence-corrected chi connectivity index (χ3v) is 3.32. The summed E-state index contributed by atoms with van der Waals surface area (Å²) in [6.45, 7) is 0.665. The number of aliphatic hydroxyl groups is 1. The minimum Gasteiger partial charge on any atom is -0.494 e. The van der Waals surface area contributed by atoms with Crippen molar-refractivity contribution in [1.29, 1.82) is 0 Å². The van der Waals surface area contributed by atoms with Gasteiger partial charge < -0.3 is 14.7 Å². The molecule has 1 aromatic carbocycles. The maximum atomic E-state index is 14.0. The largest absolute Gasteiger partial charge is 0.494 e. The first-order valence-corrected chi connectivity index (χ1v) is 6.00. The SMILES string of the molecule is COc1ccc(F)c(C(=O)N2CCC(CO)C2)c1F. The van der Waals surface area contributed by atoms with Gasteiger partial charge in [-0.05, 0) is 18.6 Å². The molecule has 1 aromatic rings. The van der Waals surface area contributed by atoms with E-state index in [2.05, 4.69) is 0 Å². The van der Waals surface area contributed by atoms with E-state index >= 15 is 0 Å². The fraction of sp³-hybridized carbons (Fsp3) is 0.462. The van der Waals surface area contributed by atoms with Gasteiger partial charge in [-0.25, -0.2) is 8.78 Å². The highest BCUT2D eigenvalue weighted by Crippen LogP contribution is 2.26. The van der Waals surface area contributed by atoms with E-state index in [1.807, 2.05) is 0 Å². The predicted octanol–water partition coefficient (Wildman–Crippen LogP) is 1.43. The standard InChI is InChI=1S/C13H15F2NO3/c1-19-10-3-2-9(14)11(12(10)15)13(18)16-5-4-8(6-16)7-17/h2-3,8,17H,4-7H2,1H3. The molecule has 6 heteroatoms. The number of amides is 1. The number of rotatable bonds is 3. The molecule has 19 heavy (non-hydrogen) atoms. The van der Waals surface area contributed by atoms with Crippen molar-refractivity contribution >= 4 is 5.91 Å². The number of nitrogens with zero attached hydrogens (tertiary/aromatic N) is 1. The zero-order valence-corrected chi connectivity index (χ0v) is 10.5. The Morgan fingerprint density at radius 2 is 2.26 bits per heavy atom. The van der Waals surface area contributed by atoms with Crippen molar-refractivity contribution in [2.45, 2.75) is 6.42 Å². The van der Waals surface area contributed by atoms with E-state index in [0.29, 0.717) is 19.5 Å².